The van der Waals surface area contributed by atoms with Crippen LogP contribution in [0.4, 0.5) is 0 Å². The van der Waals surface area contributed by atoms with Crippen LogP contribution >= 0.6 is 22.9 Å². The van der Waals surface area contributed by atoms with Crippen LogP contribution < -0.4 is 5.32 Å². The lowest BCUT2D eigenvalue weighted by atomic mass is 10.1. The molecular formula is C17H17ClN2S. The van der Waals surface area contributed by atoms with Crippen LogP contribution in [0.15, 0.2) is 48.0 Å². The molecule has 0 fully saturated rings. The number of benzene rings is 1. The van der Waals surface area contributed by atoms with Gasteiger partial charge in [0.05, 0.1) is 10.2 Å². The Bertz CT molecular complexity index is 736. The van der Waals surface area contributed by atoms with Crippen molar-refractivity contribution in [1.82, 2.24) is 10.3 Å². The van der Waals surface area contributed by atoms with Crippen LogP contribution in [0.3, 0.4) is 0 Å². The van der Waals surface area contributed by atoms with Crippen LogP contribution in [0.2, 0.25) is 5.02 Å². The predicted molar refractivity (Wildman–Crippen MR) is 91.0 cm³/mol. The van der Waals surface area contributed by atoms with E-state index in [1.54, 1.807) is 11.3 Å². The Morgan fingerprint density at radius 2 is 1.76 bits per heavy atom. The minimum absolute atomic E-state index is 0.245. The molecule has 0 bridgehead atoms. The van der Waals surface area contributed by atoms with Crippen LogP contribution in [-0.2, 0) is 0 Å². The molecule has 0 radical (unpaired) electrons. The molecule has 2 atom stereocenters. The Balaban J connectivity index is 1.75. The molecule has 2 aromatic heterocycles. The summed E-state index contributed by atoms with van der Waals surface area (Å²) in [4.78, 5) is 4.51. The molecular weight excluding hydrogens is 300 g/mol. The lowest BCUT2D eigenvalue weighted by Gasteiger charge is -2.20. The van der Waals surface area contributed by atoms with Crippen molar-refractivity contribution in [3.8, 4) is 0 Å². The summed E-state index contributed by atoms with van der Waals surface area (Å²) in [6.45, 7) is 4.33. The highest BCUT2D eigenvalue weighted by molar-refractivity contribution is 7.17. The van der Waals surface area contributed by atoms with Crippen LogP contribution in [0.1, 0.15) is 37.1 Å². The summed E-state index contributed by atoms with van der Waals surface area (Å²) in [6, 6.07) is 12.8. The van der Waals surface area contributed by atoms with Crippen molar-refractivity contribution < 1.29 is 0 Å². The fourth-order valence-electron chi connectivity index (χ4n) is 2.42. The van der Waals surface area contributed by atoms with Gasteiger partial charge in [-0.2, -0.15) is 0 Å². The van der Waals surface area contributed by atoms with E-state index in [4.69, 9.17) is 11.6 Å². The fraction of sp³-hybridized carbons (Fsp3) is 0.235. The van der Waals surface area contributed by atoms with Gasteiger partial charge >= 0.3 is 0 Å². The second-order valence-electron chi connectivity index (χ2n) is 5.23. The summed E-state index contributed by atoms with van der Waals surface area (Å²) in [7, 11) is 0. The maximum absolute atomic E-state index is 5.94. The molecule has 1 N–H and O–H groups in total. The van der Waals surface area contributed by atoms with Crippen molar-refractivity contribution in [1.29, 1.82) is 0 Å². The summed E-state index contributed by atoms with van der Waals surface area (Å²) in [5, 5.41) is 6.46. The maximum atomic E-state index is 5.94. The van der Waals surface area contributed by atoms with E-state index < -0.39 is 0 Å². The summed E-state index contributed by atoms with van der Waals surface area (Å²) in [5.41, 5.74) is 3.52. The zero-order valence-corrected chi connectivity index (χ0v) is 13.6. The predicted octanol–water partition coefficient (Wildman–Crippen LogP) is 5.36. The average Bonchev–Trinajstić information content (AvgIpc) is 2.95. The molecule has 2 nitrogen and oxygen atoms in total. The highest BCUT2D eigenvalue weighted by atomic mass is 35.5. The number of rotatable bonds is 4. The van der Waals surface area contributed by atoms with Gasteiger partial charge in [0.15, 0.2) is 0 Å². The Hall–Kier alpha value is -1.42. The number of hydrogen-bond acceptors (Lipinski definition) is 3. The van der Waals surface area contributed by atoms with E-state index in [0.29, 0.717) is 0 Å². The van der Waals surface area contributed by atoms with Crippen LogP contribution in [0, 0.1) is 0 Å². The first-order valence-electron chi connectivity index (χ1n) is 6.98. The van der Waals surface area contributed by atoms with Crippen molar-refractivity contribution in [3.63, 3.8) is 0 Å². The van der Waals surface area contributed by atoms with Crippen molar-refractivity contribution in [2.75, 3.05) is 0 Å². The minimum Gasteiger partial charge on any atom is -0.304 e. The monoisotopic (exact) mass is 316 g/mol. The summed E-state index contributed by atoms with van der Waals surface area (Å²) < 4.78 is 1.24. The van der Waals surface area contributed by atoms with Gasteiger partial charge in [-0.05, 0) is 54.6 Å². The van der Waals surface area contributed by atoms with Gasteiger partial charge < -0.3 is 5.32 Å². The van der Waals surface area contributed by atoms with E-state index >= 15 is 0 Å². The Morgan fingerprint density at radius 3 is 2.52 bits per heavy atom. The molecule has 0 amide bonds. The molecule has 0 spiro atoms. The standard InChI is InChI=1S/C17H17ClN2S/c1-11(13-3-5-15(18)6-4-13)20-12(2)14-9-17-16(19-10-14)7-8-21-17/h3-12,20H,1-2H3/t11-,12?/m0/s1. The summed E-state index contributed by atoms with van der Waals surface area (Å²) in [5.74, 6) is 0. The van der Waals surface area contributed by atoms with E-state index in [0.717, 1.165) is 10.5 Å². The van der Waals surface area contributed by atoms with Gasteiger partial charge in [0.1, 0.15) is 0 Å². The van der Waals surface area contributed by atoms with Gasteiger partial charge in [0.2, 0.25) is 0 Å². The largest absolute Gasteiger partial charge is 0.304 e. The highest BCUT2D eigenvalue weighted by Crippen LogP contribution is 2.25. The van der Waals surface area contributed by atoms with E-state index in [9.17, 15) is 0 Å². The van der Waals surface area contributed by atoms with Gasteiger partial charge in [-0.1, -0.05) is 23.7 Å². The molecule has 21 heavy (non-hydrogen) atoms. The lowest BCUT2D eigenvalue weighted by Crippen LogP contribution is -2.22. The van der Waals surface area contributed by atoms with Crippen molar-refractivity contribution in [2.24, 2.45) is 0 Å². The second-order valence-corrected chi connectivity index (χ2v) is 6.62. The lowest BCUT2D eigenvalue weighted by molar-refractivity contribution is 0.494. The first-order valence-corrected chi connectivity index (χ1v) is 8.24. The van der Waals surface area contributed by atoms with Gasteiger partial charge in [-0.3, -0.25) is 4.98 Å². The van der Waals surface area contributed by atoms with Crippen LogP contribution in [0.25, 0.3) is 10.2 Å². The molecule has 0 aliphatic carbocycles. The molecule has 1 aromatic carbocycles. The SMILES string of the molecule is CC(N[C@@H](C)c1ccc(Cl)cc1)c1cnc2ccsc2c1. The normalized spacial score (nSPS) is 14.2. The zero-order valence-electron chi connectivity index (χ0n) is 12.0. The van der Waals surface area contributed by atoms with Crippen LogP contribution in [0.5, 0.6) is 0 Å². The molecule has 0 aliphatic rings. The van der Waals surface area contributed by atoms with E-state index in [1.807, 2.05) is 18.3 Å². The van der Waals surface area contributed by atoms with E-state index in [-0.39, 0.29) is 12.1 Å². The fourth-order valence-corrected chi connectivity index (χ4v) is 3.33. The zero-order chi connectivity index (χ0) is 14.8. The molecule has 4 heteroatoms. The van der Waals surface area contributed by atoms with E-state index in [1.165, 1.54) is 15.8 Å². The number of nitrogens with zero attached hydrogens (tertiary/aromatic N) is 1. The van der Waals surface area contributed by atoms with Gasteiger partial charge in [-0.25, -0.2) is 0 Å². The molecule has 3 rings (SSSR count). The number of hydrogen-bond donors (Lipinski definition) is 1. The topological polar surface area (TPSA) is 24.9 Å². The second kappa shape index (κ2) is 6.14. The Labute approximate surface area is 133 Å². The number of nitrogens with one attached hydrogen (secondary N) is 1. The molecule has 1 unspecified atom stereocenters. The third-order valence-electron chi connectivity index (χ3n) is 3.69. The molecule has 3 aromatic rings. The number of halogens is 1. The quantitative estimate of drug-likeness (QED) is 0.700. The molecule has 0 saturated carbocycles. The molecule has 0 aliphatic heterocycles. The number of aromatic nitrogens is 1. The molecule has 108 valence electrons. The Morgan fingerprint density at radius 1 is 1.05 bits per heavy atom. The van der Waals surface area contributed by atoms with Crippen molar-refractivity contribution in [2.45, 2.75) is 25.9 Å². The maximum Gasteiger partial charge on any atom is 0.0809 e. The molecule has 0 saturated heterocycles. The van der Waals surface area contributed by atoms with Gasteiger partial charge in [-0.15, -0.1) is 11.3 Å². The Kier molecular flexibility index (Phi) is 4.24. The van der Waals surface area contributed by atoms with Crippen molar-refractivity contribution >= 4 is 33.2 Å². The van der Waals surface area contributed by atoms with Gasteiger partial charge in [0, 0.05) is 23.3 Å². The minimum atomic E-state index is 0.245. The number of thiophene rings is 1. The third-order valence-corrected chi connectivity index (χ3v) is 4.80. The molecule has 2 heterocycles. The smallest absolute Gasteiger partial charge is 0.0809 e. The third kappa shape index (κ3) is 3.26. The van der Waals surface area contributed by atoms with E-state index in [2.05, 4.69) is 53.8 Å². The number of pyridine rings is 1. The van der Waals surface area contributed by atoms with Crippen molar-refractivity contribution in [3.05, 3.63) is 64.1 Å². The van der Waals surface area contributed by atoms with Crippen LogP contribution in [-0.4, -0.2) is 4.98 Å². The highest BCUT2D eigenvalue weighted by Gasteiger charge is 2.12. The number of fused-ring (bicyclic) bond motifs is 1. The average molecular weight is 317 g/mol. The summed E-state index contributed by atoms with van der Waals surface area (Å²) in [6.07, 6.45) is 1.96. The summed E-state index contributed by atoms with van der Waals surface area (Å²) >= 11 is 7.67. The van der Waals surface area contributed by atoms with Gasteiger partial charge in [0.25, 0.3) is 0 Å². The first-order chi connectivity index (χ1) is 10.1. The first kappa shape index (κ1) is 14.5.